The monoisotopic (exact) mass is 438 g/mol. The molecule has 0 heterocycles. The van der Waals surface area contributed by atoms with E-state index in [9.17, 15) is 4.79 Å². The molecule has 24 heavy (non-hydrogen) atoms. The van der Waals surface area contributed by atoms with Crippen molar-refractivity contribution in [1.82, 2.24) is 0 Å². The summed E-state index contributed by atoms with van der Waals surface area (Å²) in [5, 5.41) is 8.89. The van der Waals surface area contributed by atoms with Gasteiger partial charge in [0.15, 0.2) is 6.10 Å². The number of ether oxygens (including phenoxy) is 2. The van der Waals surface area contributed by atoms with Crippen LogP contribution in [0.5, 0.6) is 11.5 Å². The number of rotatable bonds is 7. The molecule has 1 atom stereocenters. The molecule has 4 nitrogen and oxygen atoms in total. The highest BCUT2D eigenvalue weighted by Gasteiger charge is 2.13. The fraction of sp³-hybridized carbons (Fsp3) is 0.211. The van der Waals surface area contributed by atoms with Gasteiger partial charge < -0.3 is 14.6 Å². The predicted molar refractivity (Wildman–Crippen MR) is 103 cm³/mol. The van der Waals surface area contributed by atoms with E-state index in [4.69, 9.17) is 14.6 Å². The second kappa shape index (κ2) is 8.73. The molecule has 5 heteroatoms. The lowest BCUT2D eigenvalue weighted by Gasteiger charge is -2.13. The molecule has 0 amide bonds. The minimum absolute atomic E-state index is 0.457. The smallest absolute Gasteiger partial charge is 0.344 e. The molecule has 1 N–H and O–H groups in total. The third kappa shape index (κ3) is 5.26. The molecule has 0 fully saturated rings. The molecule has 0 aromatic heterocycles. The molecule has 126 valence electrons. The van der Waals surface area contributed by atoms with Gasteiger partial charge in [0.25, 0.3) is 0 Å². The van der Waals surface area contributed by atoms with E-state index in [0.717, 1.165) is 20.5 Å². The van der Waals surface area contributed by atoms with E-state index in [-0.39, 0.29) is 0 Å². The van der Waals surface area contributed by atoms with Gasteiger partial charge in [-0.3, -0.25) is 0 Å². The maximum atomic E-state index is 10.8. The predicted octanol–water partition coefficient (Wildman–Crippen LogP) is 4.70. The zero-order valence-electron chi connectivity index (χ0n) is 13.5. The first-order chi connectivity index (χ1) is 11.5. The van der Waals surface area contributed by atoms with Gasteiger partial charge in [-0.2, -0.15) is 0 Å². The molecule has 0 radical (unpaired) electrons. The first kappa shape index (κ1) is 18.3. The third-order valence-corrected chi connectivity index (χ3v) is 4.42. The van der Waals surface area contributed by atoms with E-state index in [1.54, 1.807) is 12.1 Å². The number of hydrogen-bond donors (Lipinski definition) is 1. The van der Waals surface area contributed by atoms with Crippen molar-refractivity contribution in [2.24, 2.45) is 0 Å². The molecular formula is C19H19IO4. The summed E-state index contributed by atoms with van der Waals surface area (Å²) in [4.78, 5) is 10.8. The Hall–Kier alpha value is -2.02. The molecule has 0 spiro atoms. The lowest BCUT2D eigenvalue weighted by Crippen LogP contribution is -2.23. The van der Waals surface area contributed by atoms with Crippen LogP contribution in [-0.2, 0) is 4.79 Å². The van der Waals surface area contributed by atoms with Crippen LogP contribution in [0.15, 0.2) is 54.6 Å². The van der Waals surface area contributed by atoms with Crippen LogP contribution in [0.2, 0.25) is 0 Å². The van der Waals surface area contributed by atoms with Crippen LogP contribution in [0.1, 0.15) is 18.1 Å². The number of aliphatic carboxylic acids is 1. The Balaban J connectivity index is 1.96. The lowest BCUT2D eigenvalue weighted by atomic mass is 10.2. The van der Waals surface area contributed by atoms with Gasteiger partial charge in [0.2, 0.25) is 0 Å². The fourth-order valence-corrected chi connectivity index (χ4v) is 2.55. The van der Waals surface area contributed by atoms with Crippen molar-refractivity contribution in [2.45, 2.75) is 20.0 Å². The number of carboxylic acid groups (broad SMARTS) is 1. The molecule has 0 saturated heterocycles. The van der Waals surface area contributed by atoms with E-state index in [2.05, 4.69) is 34.7 Å². The van der Waals surface area contributed by atoms with Crippen LogP contribution in [0.25, 0.3) is 3.58 Å². The molecular weight excluding hydrogens is 419 g/mol. The maximum absolute atomic E-state index is 10.8. The van der Waals surface area contributed by atoms with E-state index in [0.29, 0.717) is 12.4 Å². The van der Waals surface area contributed by atoms with Crippen molar-refractivity contribution in [3.8, 4) is 11.5 Å². The standard InChI is InChI=1S/C19H19IO4/c1-13-12-16(8-9-18(13)24-14(2)19(21)22)23-11-10-17(20)15-6-4-3-5-7-15/h3-10,12,14H,11H2,1-2H3,(H,21,22)/b17-10+. The minimum Gasteiger partial charge on any atom is -0.489 e. The van der Waals surface area contributed by atoms with Crippen molar-refractivity contribution in [3.63, 3.8) is 0 Å². The summed E-state index contributed by atoms with van der Waals surface area (Å²) < 4.78 is 12.3. The molecule has 2 aromatic rings. The Bertz CT molecular complexity index is 725. The Morgan fingerprint density at radius 1 is 1.25 bits per heavy atom. The van der Waals surface area contributed by atoms with Crippen LogP contribution in [0, 0.1) is 6.92 Å². The Labute approximate surface area is 155 Å². The van der Waals surface area contributed by atoms with Gasteiger partial charge in [-0.15, -0.1) is 0 Å². The lowest BCUT2D eigenvalue weighted by molar-refractivity contribution is -0.144. The molecule has 0 aliphatic rings. The van der Waals surface area contributed by atoms with E-state index in [1.807, 2.05) is 37.3 Å². The molecule has 2 rings (SSSR count). The van der Waals surface area contributed by atoms with Gasteiger partial charge in [0.1, 0.15) is 18.1 Å². The number of carboxylic acids is 1. The zero-order chi connectivity index (χ0) is 17.5. The number of halogens is 1. The normalized spacial score (nSPS) is 12.5. The number of carbonyl (C=O) groups is 1. The largest absolute Gasteiger partial charge is 0.489 e. The van der Waals surface area contributed by atoms with Crippen LogP contribution < -0.4 is 9.47 Å². The van der Waals surface area contributed by atoms with Crippen molar-refractivity contribution in [2.75, 3.05) is 6.61 Å². The zero-order valence-corrected chi connectivity index (χ0v) is 15.7. The van der Waals surface area contributed by atoms with Gasteiger partial charge in [-0.1, -0.05) is 30.3 Å². The second-order valence-electron chi connectivity index (χ2n) is 5.25. The highest BCUT2D eigenvalue weighted by atomic mass is 127. The highest BCUT2D eigenvalue weighted by molar-refractivity contribution is 14.1. The Morgan fingerprint density at radius 2 is 1.96 bits per heavy atom. The van der Waals surface area contributed by atoms with E-state index < -0.39 is 12.1 Å². The molecule has 0 aliphatic heterocycles. The summed E-state index contributed by atoms with van der Waals surface area (Å²) in [5.41, 5.74) is 1.99. The highest BCUT2D eigenvalue weighted by Crippen LogP contribution is 2.25. The molecule has 0 aliphatic carbocycles. The summed E-state index contributed by atoms with van der Waals surface area (Å²) in [6, 6.07) is 15.5. The molecule has 0 bridgehead atoms. The Morgan fingerprint density at radius 3 is 2.58 bits per heavy atom. The number of benzene rings is 2. The first-order valence-corrected chi connectivity index (χ1v) is 8.59. The minimum atomic E-state index is -0.990. The average molecular weight is 438 g/mol. The van der Waals surface area contributed by atoms with Crippen LogP contribution in [0.3, 0.4) is 0 Å². The van der Waals surface area contributed by atoms with Crippen molar-refractivity contribution in [3.05, 3.63) is 65.7 Å². The summed E-state index contributed by atoms with van der Waals surface area (Å²) in [6.07, 6.45) is 1.13. The van der Waals surface area contributed by atoms with E-state index in [1.165, 1.54) is 6.92 Å². The quantitative estimate of drug-likeness (QED) is 0.637. The second-order valence-corrected chi connectivity index (χ2v) is 6.42. The van der Waals surface area contributed by atoms with Gasteiger partial charge in [0.05, 0.1) is 0 Å². The first-order valence-electron chi connectivity index (χ1n) is 7.51. The fourth-order valence-electron chi connectivity index (χ4n) is 2.01. The van der Waals surface area contributed by atoms with Gasteiger partial charge in [0, 0.05) is 3.58 Å². The summed E-state index contributed by atoms with van der Waals surface area (Å²) in [5.74, 6) is 0.276. The SMILES string of the molecule is Cc1cc(OC/C=C(/I)c2ccccc2)ccc1OC(C)C(=O)O. The summed E-state index contributed by atoms with van der Waals surface area (Å²) in [6.45, 7) is 3.82. The third-order valence-electron chi connectivity index (χ3n) is 3.36. The molecule has 2 aromatic carbocycles. The summed E-state index contributed by atoms with van der Waals surface area (Å²) in [7, 11) is 0. The molecule has 1 unspecified atom stereocenters. The number of aryl methyl sites for hydroxylation is 1. The average Bonchev–Trinajstić information content (AvgIpc) is 2.57. The maximum Gasteiger partial charge on any atom is 0.344 e. The number of hydrogen-bond acceptors (Lipinski definition) is 3. The van der Waals surface area contributed by atoms with Crippen LogP contribution in [0.4, 0.5) is 0 Å². The van der Waals surface area contributed by atoms with Gasteiger partial charge in [-0.25, -0.2) is 4.79 Å². The van der Waals surface area contributed by atoms with Gasteiger partial charge in [-0.05, 0) is 71.8 Å². The summed E-state index contributed by atoms with van der Waals surface area (Å²) >= 11 is 2.29. The van der Waals surface area contributed by atoms with Crippen LogP contribution in [-0.4, -0.2) is 23.8 Å². The van der Waals surface area contributed by atoms with E-state index >= 15 is 0 Å². The van der Waals surface area contributed by atoms with Crippen LogP contribution >= 0.6 is 22.6 Å². The van der Waals surface area contributed by atoms with Crippen molar-refractivity contribution >= 4 is 32.1 Å². The van der Waals surface area contributed by atoms with Crippen molar-refractivity contribution < 1.29 is 19.4 Å². The Kier molecular flexibility index (Phi) is 6.66. The van der Waals surface area contributed by atoms with Crippen molar-refractivity contribution in [1.29, 1.82) is 0 Å². The molecule has 0 saturated carbocycles. The topological polar surface area (TPSA) is 55.8 Å². The van der Waals surface area contributed by atoms with Gasteiger partial charge >= 0.3 is 5.97 Å².